The van der Waals surface area contributed by atoms with Gasteiger partial charge in [0.15, 0.2) is 5.13 Å². The van der Waals surface area contributed by atoms with Crippen molar-refractivity contribution in [3.8, 4) is 0 Å². The van der Waals surface area contributed by atoms with E-state index in [1.807, 2.05) is 31.2 Å². The third-order valence-corrected chi connectivity index (χ3v) is 6.58. The summed E-state index contributed by atoms with van der Waals surface area (Å²) in [6.07, 6.45) is 0.262. The van der Waals surface area contributed by atoms with E-state index in [1.54, 1.807) is 12.1 Å². The Balaban J connectivity index is 1.80. The van der Waals surface area contributed by atoms with Crippen LogP contribution in [0.25, 0.3) is 10.2 Å². The minimum absolute atomic E-state index is 0.157. The zero-order chi connectivity index (χ0) is 18.9. The number of aromatic nitrogens is 1. The van der Waals surface area contributed by atoms with Crippen molar-refractivity contribution in [3.05, 3.63) is 53.6 Å². The van der Waals surface area contributed by atoms with E-state index in [-0.39, 0.29) is 17.2 Å². The summed E-state index contributed by atoms with van der Waals surface area (Å²) in [5.41, 5.74) is 2.69. The fraction of sp³-hybridized carbons (Fsp3) is 0.222. The second-order valence-electron chi connectivity index (χ2n) is 6.15. The molecule has 0 aliphatic carbocycles. The summed E-state index contributed by atoms with van der Waals surface area (Å²) in [5.74, 6) is -0.157. The Morgan fingerprint density at radius 1 is 1.19 bits per heavy atom. The summed E-state index contributed by atoms with van der Waals surface area (Å²) in [4.78, 5) is 16.8. The summed E-state index contributed by atoms with van der Waals surface area (Å²) < 4.78 is 26.3. The third kappa shape index (κ3) is 3.92. The summed E-state index contributed by atoms with van der Waals surface area (Å²) >= 11 is 1.26. The van der Waals surface area contributed by atoms with Crippen LogP contribution >= 0.6 is 11.3 Å². The second kappa shape index (κ2) is 7.14. The number of sulfonamides is 1. The number of amides is 1. The molecule has 2 aromatic carbocycles. The molecule has 0 saturated carbocycles. The zero-order valence-corrected chi connectivity index (χ0v) is 16.3. The molecule has 0 aliphatic heterocycles. The monoisotopic (exact) mass is 389 g/mol. The molecule has 0 aliphatic rings. The first-order valence-electron chi connectivity index (χ1n) is 7.94. The summed E-state index contributed by atoms with van der Waals surface area (Å²) in [7, 11) is -0.524. The molecule has 0 unspecified atom stereocenters. The smallest absolute Gasteiger partial charge is 0.242 e. The fourth-order valence-corrected chi connectivity index (χ4v) is 4.42. The first-order valence-corrected chi connectivity index (χ1v) is 10.2. The highest BCUT2D eigenvalue weighted by molar-refractivity contribution is 7.89. The Hall–Kier alpha value is -2.29. The normalized spacial score (nSPS) is 11.8. The van der Waals surface area contributed by atoms with Gasteiger partial charge >= 0.3 is 0 Å². The number of anilines is 1. The number of thiazole rings is 1. The minimum atomic E-state index is -3.50. The van der Waals surface area contributed by atoms with Gasteiger partial charge in [-0.15, -0.1) is 0 Å². The van der Waals surface area contributed by atoms with Crippen LogP contribution in [0.15, 0.2) is 47.4 Å². The molecule has 0 fully saturated rings. The molecule has 1 heterocycles. The van der Waals surface area contributed by atoms with E-state index in [1.165, 1.54) is 35.8 Å². The predicted molar refractivity (Wildman–Crippen MR) is 104 cm³/mol. The molecule has 1 amide bonds. The number of aryl methyl sites for hydroxylation is 1. The van der Waals surface area contributed by atoms with Crippen molar-refractivity contribution in [1.29, 1.82) is 0 Å². The number of carbonyl (C=O) groups is 1. The van der Waals surface area contributed by atoms with E-state index in [9.17, 15) is 13.2 Å². The Labute approximate surface area is 156 Å². The van der Waals surface area contributed by atoms with Crippen LogP contribution in [0.1, 0.15) is 11.1 Å². The van der Waals surface area contributed by atoms with Gasteiger partial charge in [0.1, 0.15) is 0 Å². The SMILES string of the molecule is Cc1cccc(CC(=O)Nc2nc3ccc(S(=O)(=O)N(C)C)cc3s2)c1. The van der Waals surface area contributed by atoms with Crippen molar-refractivity contribution in [2.75, 3.05) is 19.4 Å². The Morgan fingerprint density at radius 2 is 1.96 bits per heavy atom. The van der Waals surface area contributed by atoms with E-state index >= 15 is 0 Å². The number of nitrogens with one attached hydrogen (secondary N) is 1. The van der Waals surface area contributed by atoms with Gasteiger partial charge in [0.25, 0.3) is 0 Å². The quantitative estimate of drug-likeness (QED) is 0.727. The highest BCUT2D eigenvalue weighted by Crippen LogP contribution is 2.29. The average Bonchev–Trinajstić information content (AvgIpc) is 2.95. The number of nitrogens with zero attached hydrogens (tertiary/aromatic N) is 2. The highest BCUT2D eigenvalue weighted by Gasteiger charge is 2.18. The zero-order valence-electron chi connectivity index (χ0n) is 14.7. The number of hydrogen-bond acceptors (Lipinski definition) is 5. The summed E-state index contributed by atoms with van der Waals surface area (Å²) in [6, 6.07) is 12.5. The van der Waals surface area contributed by atoms with E-state index in [0.717, 1.165) is 11.1 Å². The molecular weight excluding hydrogens is 370 g/mol. The fourth-order valence-electron chi connectivity index (χ4n) is 2.50. The van der Waals surface area contributed by atoms with E-state index in [4.69, 9.17) is 0 Å². The molecule has 0 bridgehead atoms. The molecule has 3 rings (SSSR count). The third-order valence-electron chi connectivity index (χ3n) is 3.83. The minimum Gasteiger partial charge on any atom is -0.302 e. The molecule has 0 saturated heterocycles. The van der Waals surface area contributed by atoms with Crippen molar-refractivity contribution < 1.29 is 13.2 Å². The van der Waals surface area contributed by atoms with Crippen LogP contribution in [0.3, 0.4) is 0 Å². The summed E-state index contributed by atoms with van der Waals surface area (Å²) in [5, 5.41) is 3.24. The van der Waals surface area contributed by atoms with Gasteiger partial charge < -0.3 is 5.32 Å². The topological polar surface area (TPSA) is 79.4 Å². The molecule has 26 heavy (non-hydrogen) atoms. The average molecular weight is 390 g/mol. The van der Waals surface area contributed by atoms with Crippen LogP contribution in [0.4, 0.5) is 5.13 Å². The largest absolute Gasteiger partial charge is 0.302 e. The second-order valence-corrected chi connectivity index (χ2v) is 9.33. The highest BCUT2D eigenvalue weighted by atomic mass is 32.2. The van der Waals surface area contributed by atoms with Gasteiger partial charge in [-0.05, 0) is 30.7 Å². The van der Waals surface area contributed by atoms with E-state index in [0.29, 0.717) is 15.3 Å². The number of fused-ring (bicyclic) bond motifs is 1. The van der Waals surface area contributed by atoms with Crippen LogP contribution in [0.5, 0.6) is 0 Å². The predicted octanol–water partition coefficient (Wildman–Crippen LogP) is 3.04. The van der Waals surface area contributed by atoms with Gasteiger partial charge in [0.2, 0.25) is 15.9 Å². The first kappa shape index (κ1) is 18.5. The lowest BCUT2D eigenvalue weighted by molar-refractivity contribution is -0.115. The van der Waals surface area contributed by atoms with Crippen molar-refractivity contribution in [2.24, 2.45) is 0 Å². The molecule has 0 radical (unpaired) electrons. The number of hydrogen-bond donors (Lipinski definition) is 1. The molecule has 6 nitrogen and oxygen atoms in total. The maximum Gasteiger partial charge on any atom is 0.242 e. The molecule has 1 N–H and O–H groups in total. The number of rotatable bonds is 5. The van der Waals surface area contributed by atoms with Crippen LogP contribution in [0, 0.1) is 6.92 Å². The Morgan fingerprint density at radius 3 is 2.65 bits per heavy atom. The Kier molecular flexibility index (Phi) is 5.08. The molecule has 136 valence electrons. The van der Waals surface area contributed by atoms with Gasteiger partial charge in [-0.1, -0.05) is 41.2 Å². The molecule has 1 aromatic heterocycles. The maximum atomic E-state index is 12.2. The van der Waals surface area contributed by atoms with Gasteiger partial charge in [0.05, 0.1) is 21.5 Å². The van der Waals surface area contributed by atoms with E-state index in [2.05, 4.69) is 10.3 Å². The lowest BCUT2D eigenvalue weighted by Crippen LogP contribution is -2.22. The van der Waals surface area contributed by atoms with Gasteiger partial charge in [-0.2, -0.15) is 0 Å². The lowest BCUT2D eigenvalue weighted by atomic mass is 10.1. The molecule has 0 atom stereocenters. The van der Waals surface area contributed by atoms with Gasteiger partial charge in [-0.3, -0.25) is 4.79 Å². The number of carbonyl (C=O) groups excluding carboxylic acids is 1. The van der Waals surface area contributed by atoms with Crippen LogP contribution < -0.4 is 5.32 Å². The van der Waals surface area contributed by atoms with Crippen LogP contribution in [-0.2, 0) is 21.2 Å². The van der Waals surface area contributed by atoms with Crippen LogP contribution in [-0.4, -0.2) is 37.7 Å². The summed E-state index contributed by atoms with van der Waals surface area (Å²) in [6.45, 7) is 1.98. The molecular formula is C18H19N3O3S2. The van der Waals surface area contributed by atoms with Crippen LogP contribution in [0.2, 0.25) is 0 Å². The maximum absolute atomic E-state index is 12.2. The standard InChI is InChI=1S/C18H19N3O3S2/c1-12-5-4-6-13(9-12)10-17(22)20-18-19-15-8-7-14(11-16(15)25-18)26(23,24)21(2)3/h4-9,11H,10H2,1-3H3,(H,19,20,22). The van der Waals surface area contributed by atoms with Crippen molar-refractivity contribution in [2.45, 2.75) is 18.2 Å². The van der Waals surface area contributed by atoms with Gasteiger partial charge in [-0.25, -0.2) is 17.7 Å². The number of benzene rings is 2. The van der Waals surface area contributed by atoms with Crippen molar-refractivity contribution in [1.82, 2.24) is 9.29 Å². The van der Waals surface area contributed by atoms with Crippen molar-refractivity contribution >= 4 is 42.6 Å². The molecule has 3 aromatic rings. The lowest BCUT2D eigenvalue weighted by Gasteiger charge is -2.10. The molecule has 8 heteroatoms. The molecule has 0 spiro atoms. The first-order chi connectivity index (χ1) is 12.3. The Bertz CT molecular complexity index is 1070. The van der Waals surface area contributed by atoms with Crippen molar-refractivity contribution in [3.63, 3.8) is 0 Å². The van der Waals surface area contributed by atoms with E-state index < -0.39 is 10.0 Å². The van der Waals surface area contributed by atoms with Gasteiger partial charge in [0, 0.05) is 14.1 Å².